The van der Waals surface area contributed by atoms with Gasteiger partial charge in [0, 0.05) is 12.0 Å². The summed E-state index contributed by atoms with van der Waals surface area (Å²) in [6.45, 7) is 4.64. The molecule has 0 spiro atoms. The van der Waals surface area contributed by atoms with Crippen LogP contribution in [0.3, 0.4) is 0 Å². The van der Waals surface area contributed by atoms with Gasteiger partial charge in [-0.05, 0) is 17.7 Å². The highest BCUT2D eigenvalue weighted by molar-refractivity contribution is 5.67. The van der Waals surface area contributed by atoms with Crippen LogP contribution in [0.15, 0.2) is 24.3 Å². The standard InChI is InChI=1S/C13H19NO3/c1-13(2,9-14-12(15)17-4)10-5-7-11(16-3)8-6-10/h5-8H,9H2,1-4H3,(H,14,15). The van der Waals surface area contributed by atoms with Crippen LogP contribution in [0.2, 0.25) is 0 Å². The first-order chi connectivity index (χ1) is 7.99. The molecule has 94 valence electrons. The van der Waals surface area contributed by atoms with E-state index >= 15 is 0 Å². The van der Waals surface area contributed by atoms with Crippen LogP contribution in [-0.2, 0) is 10.2 Å². The summed E-state index contributed by atoms with van der Waals surface area (Å²) in [5.41, 5.74) is 0.982. The van der Waals surface area contributed by atoms with Crippen molar-refractivity contribution in [1.29, 1.82) is 0 Å². The molecular formula is C13H19NO3. The number of hydrogen-bond donors (Lipinski definition) is 1. The lowest BCUT2D eigenvalue weighted by Crippen LogP contribution is -2.36. The summed E-state index contributed by atoms with van der Waals surface area (Å²) < 4.78 is 9.66. The van der Waals surface area contributed by atoms with Crippen LogP contribution in [0, 0.1) is 0 Å². The Kier molecular flexibility index (Phi) is 4.37. The Morgan fingerprint density at radius 3 is 2.29 bits per heavy atom. The highest BCUT2D eigenvalue weighted by atomic mass is 16.5. The molecule has 0 fully saturated rings. The third-order valence-electron chi connectivity index (χ3n) is 2.73. The summed E-state index contributed by atoms with van der Waals surface area (Å²) in [6.07, 6.45) is -0.411. The fourth-order valence-electron chi connectivity index (χ4n) is 1.51. The predicted molar refractivity (Wildman–Crippen MR) is 66.4 cm³/mol. The highest BCUT2D eigenvalue weighted by Gasteiger charge is 2.21. The summed E-state index contributed by atoms with van der Waals surface area (Å²) in [5.74, 6) is 0.825. The molecule has 4 heteroatoms. The molecule has 0 radical (unpaired) electrons. The van der Waals surface area contributed by atoms with Crippen LogP contribution in [0.1, 0.15) is 19.4 Å². The van der Waals surface area contributed by atoms with Crippen molar-refractivity contribution in [2.24, 2.45) is 0 Å². The maximum atomic E-state index is 11.0. The number of benzene rings is 1. The molecule has 0 saturated carbocycles. The van der Waals surface area contributed by atoms with Crippen LogP contribution in [0.4, 0.5) is 4.79 Å². The number of nitrogens with one attached hydrogen (secondary N) is 1. The van der Waals surface area contributed by atoms with Crippen molar-refractivity contribution in [3.8, 4) is 5.75 Å². The zero-order chi connectivity index (χ0) is 12.9. The number of methoxy groups -OCH3 is 2. The zero-order valence-electron chi connectivity index (χ0n) is 10.7. The summed E-state index contributed by atoms with van der Waals surface area (Å²) in [5, 5.41) is 2.71. The Balaban J connectivity index is 2.70. The Morgan fingerprint density at radius 2 is 1.82 bits per heavy atom. The van der Waals surface area contributed by atoms with Crippen molar-refractivity contribution in [3.05, 3.63) is 29.8 Å². The molecule has 1 amide bonds. The van der Waals surface area contributed by atoms with Crippen molar-refractivity contribution in [2.45, 2.75) is 19.3 Å². The topological polar surface area (TPSA) is 47.6 Å². The Bertz CT molecular complexity index is 371. The first-order valence-electron chi connectivity index (χ1n) is 5.46. The van der Waals surface area contributed by atoms with Crippen LogP contribution in [-0.4, -0.2) is 26.9 Å². The van der Waals surface area contributed by atoms with E-state index in [9.17, 15) is 4.79 Å². The smallest absolute Gasteiger partial charge is 0.406 e. The van der Waals surface area contributed by atoms with E-state index in [0.29, 0.717) is 6.54 Å². The fraction of sp³-hybridized carbons (Fsp3) is 0.462. The van der Waals surface area contributed by atoms with Crippen molar-refractivity contribution in [2.75, 3.05) is 20.8 Å². The lowest BCUT2D eigenvalue weighted by atomic mass is 9.84. The first kappa shape index (κ1) is 13.4. The van der Waals surface area contributed by atoms with Gasteiger partial charge in [0.2, 0.25) is 0 Å². The lowest BCUT2D eigenvalue weighted by molar-refractivity contribution is 0.168. The van der Waals surface area contributed by atoms with Gasteiger partial charge in [0.15, 0.2) is 0 Å². The van der Waals surface area contributed by atoms with E-state index < -0.39 is 6.09 Å². The molecule has 17 heavy (non-hydrogen) atoms. The van der Waals surface area contributed by atoms with Gasteiger partial charge in [-0.3, -0.25) is 0 Å². The molecule has 0 aliphatic rings. The summed E-state index contributed by atoms with van der Waals surface area (Å²) in [6, 6.07) is 7.82. The third kappa shape index (κ3) is 3.66. The number of hydrogen-bond acceptors (Lipinski definition) is 3. The first-order valence-corrected chi connectivity index (χ1v) is 5.46. The number of ether oxygens (including phenoxy) is 2. The lowest BCUT2D eigenvalue weighted by Gasteiger charge is -2.25. The molecule has 0 aliphatic heterocycles. The quantitative estimate of drug-likeness (QED) is 0.874. The van der Waals surface area contributed by atoms with Gasteiger partial charge >= 0.3 is 6.09 Å². The molecule has 0 heterocycles. The van der Waals surface area contributed by atoms with E-state index in [2.05, 4.69) is 23.9 Å². The average molecular weight is 237 g/mol. The molecule has 0 unspecified atom stereocenters. The van der Waals surface area contributed by atoms with Crippen LogP contribution in [0.25, 0.3) is 0 Å². The van der Waals surface area contributed by atoms with Gasteiger partial charge in [0.1, 0.15) is 5.75 Å². The number of alkyl carbamates (subject to hydrolysis) is 1. The van der Waals surface area contributed by atoms with Crippen LogP contribution in [0.5, 0.6) is 5.75 Å². The van der Waals surface area contributed by atoms with Gasteiger partial charge in [-0.25, -0.2) is 4.79 Å². The maximum absolute atomic E-state index is 11.0. The number of carbonyl (C=O) groups excluding carboxylic acids is 1. The van der Waals surface area contributed by atoms with Crippen molar-refractivity contribution < 1.29 is 14.3 Å². The molecule has 0 atom stereocenters. The number of carbonyl (C=O) groups is 1. The molecule has 0 aliphatic carbocycles. The van der Waals surface area contributed by atoms with E-state index in [1.807, 2.05) is 24.3 Å². The second-order valence-electron chi connectivity index (χ2n) is 4.46. The van der Waals surface area contributed by atoms with Gasteiger partial charge in [0.25, 0.3) is 0 Å². The summed E-state index contributed by atoms with van der Waals surface area (Å²) >= 11 is 0. The van der Waals surface area contributed by atoms with Crippen molar-refractivity contribution >= 4 is 6.09 Å². The second-order valence-corrected chi connectivity index (χ2v) is 4.46. The van der Waals surface area contributed by atoms with E-state index in [1.165, 1.54) is 7.11 Å². The molecule has 1 aromatic carbocycles. The Hall–Kier alpha value is -1.71. The minimum absolute atomic E-state index is 0.152. The second kappa shape index (κ2) is 5.57. The van der Waals surface area contributed by atoms with Gasteiger partial charge < -0.3 is 14.8 Å². The van der Waals surface area contributed by atoms with E-state index in [4.69, 9.17) is 4.74 Å². The SMILES string of the molecule is COC(=O)NCC(C)(C)c1ccc(OC)cc1. The van der Waals surface area contributed by atoms with E-state index in [1.54, 1.807) is 7.11 Å². The molecule has 1 N–H and O–H groups in total. The molecular weight excluding hydrogens is 218 g/mol. The summed E-state index contributed by atoms with van der Waals surface area (Å²) in [4.78, 5) is 11.0. The zero-order valence-corrected chi connectivity index (χ0v) is 10.7. The highest BCUT2D eigenvalue weighted by Crippen LogP contribution is 2.24. The molecule has 1 aromatic rings. The Labute approximate surface area is 102 Å². The molecule has 4 nitrogen and oxygen atoms in total. The number of amides is 1. The predicted octanol–water partition coefficient (Wildman–Crippen LogP) is 2.33. The average Bonchev–Trinajstić information content (AvgIpc) is 2.36. The maximum Gasteiger partial charge on any atom is 0.406 e. The van der Waals surface area contributed by atoms with Crippen molar-refractivity contribution in [1.82, 2.24) is 5.32 Å². The van der Waals surface area contributed by atoms with E-state index in [0.717, 1.165) is 11.3 Å². The summed E-state index contributed by atoms with van der Waals surface area (Å²) in [7, 11) is 2.99. The van der Waals surface area contributed by atoms with Crippen molar-refractivity contribution in [3.63, 3.8) is 0 Å². The number of rotatable bonds is 4. The fourth-order valence-corrected chi connectivity index (χ4v) is 1.51. The largest absolute Gasteiger partial charge is 0.497 e. The molecule has 0 saturated heterocycles. The van der Waals surface area contributed by atoms with Crippen LogP contribution >= 0.6 is 0 Å². The third-order valence-corrected chi connectivity index (χ3v) is 2.73. The van der Waals surface area contributed by atoms with E-state index in [-0.39, 0.29) is 5.41 Å². The van der Waals surface area contributed by atoms with Gasteiger partial charge in [-0.2, -0.15) is 0 Å². The minimum Gasteiger partial charge on any atom is -0.497 e. The van der Waals surface area contributed by atoms with Gasteiger partial charge in [0.05, 0.1) is 14.2 Å². The van der Waals surface area contributed by atoms with Gasteiger partial charge in [-0.1, -0.05) is 26.0 Å². The monoisotopic (exact) mass is 237 g/mol. The minimum atomic E-state index is -0.411. The Morgan fingerprint density at radius 1 is 1.24 bits per heavy atom. The van der Waals surface area contributed by atoms with Gasteiger partial charge in [-0.15, -0.1) is 0 Å². The normalized spacial score (nSPS) is 10.8. The van der Waals surface area contributed by atoms with Crippen LogP contribution < -0.4 is 10.1 Å². The molecule has 1 rings (SSSR count). The molecule has 0 aromatic heterocycles. The molecule has 0 bridgehead atoms.